The summed E-state index contributed by atoms with van der Waals surface area (Å²) >= 11 is 0. The number of hydrogen-bond acceptors (Lipinski definition) is 3. The molecular formula is C15H25NO2. The van der Waals surface area contributed by atoms with E-state index in [1.54, 1.807) is 14.2 Å². The summed E-state index contributed by atoms with van der Waals surface area (Å²) in [5.41, 5.74) is 7.60. The summed E-state index contributed by atoms with van der Waals surface area (Å²) in [4.78, 5) is 0. The number of ether oxygens (including phenoxy) is 2. The van der Waals surface area contributed by atoms with Gasteiger partial charge in [-0.25, -0.2) is 0 Å². The van der Waals surface area contributed by atoms with E-state index in [2.05, 4.69) is 20.8 Å². The quantitative estimate of drug-likeness (QED) is 0.870. The lowest BCUT2D eigenvalue weighted by Gasteiger charge is -2.22. The molecule has 1 aromatic carbocycles. The Hall–Kier alpha value is -1.22. The lowest BCUT2D eigenvalue weighted by Crippen LogP contribution is -2.15. The molecule has 0 heterocycles. The highest BCUT2D eigenvalue weighted by atomic mass is 16.5. The molecule has 1 atom stereocenters. The Kier molecular flexibility index (Phi) is 5.03. The van der Waals surface area contributed by atoms with Crippen molar-refractivity contribution < 1.29 is 9.47 Å². The fourth-order valence-corrected chi connectivity index (χ4v) is 1.87. The van der Waals surface area contributed by atoms with E-state index < -0.39 is 0 Å². The molecule has 0 aliphatic rings. The third-order valence-corrected chi connectivity index (χ3v) is 3.05. The van der Waals surface area contributed by atoms with E-state index in [9.17, 15) is 0 Å². The van der Waals surface area contributed by atoms with Gasteiger partial charge in [-0.1, -0.05) is 26.8 Å². The van der Waals surface area contributed by atoms with Crippen LogP contribution in [-0.4, -0.2) is 14.2 Å². The van der Waals surface area contributed by atoms with E-state index in [-0.39, 0.29) is 6.04 Å². The third-order valence-electron chi connectivity index (χ3n) is 3.05. The highest BCUT2D eigenvalue weighted by Crippen LogP contribution is 2.32. The Bertz CT molecular complexity index is 383. The van der Waals surface area contributed by atoms with Crippen LogP contribution in [0.1, 0.15) is 45.2 Å². The Labute approximate surface area is 110 Å². The van der Waals surface area contributed by atoms with Crippen molar-refractivity contribution in [2.45, 2.75) is 39.7 Å². The first-order valence-corrected chi connectivity index (χ1v) is 6.35. The summed E-state index contributed by atoms with van der Waals surface area (Å²) in [6.45, 7) is 6.68. The van der Waals surface area contributed by atoms with Gasteiger partial charge in [0.2, 0.25) is 0 Å². The highest BCUT2D eigenvalue weighted by molar-refractivity contribution is 5.42. The second-order valence-corrected chi connectivity index (χ2v) is 5.81. The van der Waals surface area contributed by atoms with E-state index >= 15 is 0 Å². The zero-order valence-electron chi connectivity index (χ0n) is 12.1. The smallest absolute Gasteiger partial charge is 0.127 e. The van der Waals surface area contributed by atoms with E-state index in [4.69, 9.17) is 15.2 Å². The lowest BCUT2D eigenvalue weighted by atomic mass is 9.87. The summed E-state index contributed by atoms with van der Waals surface area (Å²) < 4.78 is 10.6. The van der Waals surface area contributed by atoms with E-state index in [1.807, 2.05) is 18.2 Å². The summed E-state index contributed by atoms with van der Waals surface area (Å²) in [7, 11) is 3.31. The SMILES string of the molecule is COc1ccc(C(N)CCC(C)(C)C)c(OC)c1. The molecule has 102 valence electrons. The van der Waals surface area contributed by atoms with Crippen LogP contribution in [0.3, 0.4) is 0 Å². The molecule has 0 fully saturated rings. The largest absolute Gasteiger partial charge is 0.497 e. The first kappa shape index (κ1) is 14.8. The highest BCUT2D eigenvalue weighted by Gasteiger charge is 2.17. The Balaban J connectivity index is 2.81. The second-order valence-electron chi connectivity index (χ2n) is 5.81. The normalized spacial score (nSPS) is 13.2. The zero-order chi connectivity index (χ0) is 13.8. The molecule has 0 saturated carbocycles. The predicted octanol–water partition coefficient (Wildman–Crippen LogP) is 3.53. The maximum Gasteiger partial charge on any atom is 0.127 e. The number of benzene rings is 1. The van der Waals surface area contributed by atoms with Crippen LogP contribution < -0.4 is 15.2 Å². The Morgan fingerprint density at radius 1 is 1.17 bits per heavy atom. The fourth-order valence-electron chi connectivity index (χ4n) is 1.87. The van der Waals surface area contributed by atoms with Crippen LogP contribution in [0.2, 0.25) is 0 Å². The van der Waals surface area contributed by atoms with Crippen LogP contribution >= 0.6 is 0 Å². The maximum absolute atomic E-state index is 6.25. The molecule has 0 bridgehead atoms. The maximum atomic E-state index is 6.25. The average molecular weight is 251 g/mol. The lowest BCUT2D eigenvalue weighted by molar-refractivity contribution is 0.343. The van der Waals surface area contributed by atoms with Gasteiger partial charge in [-0.2, -0.15) is 0 Å². The van der Waals surface area contributed by atoms with Crippen molar-refractivity contribution in [3.8, 4) is 11.5 Å². The molecule has 0 aliphatic carbocycles. The van der Waals surface area contributed by atoms with Gasteiger partial charge < -0.3 is 15.2 Å². The number of rotatable bonds is 5. The molecule has 2 N–H and O–H groups in total. The van der Waals surface area contributed by atoms with E-state index in [0.29, 0.717) is 5.41 Å². The van der Waals surface area contributed by atoms with Gasteiger partial charge in [0.05, 0.1) is 14.2 Å². The topological polar surface area (TPSA) is 44.5 Å². The molecule has 0 radical (unpaired) electrons. The monoisotopic (exact) mass is 251 g/mol. The minimum Gasteiger partial charge on any atom is -0.497 e. The van der Waals surface area contributed by atoms with E-state index in [0.717, 1.165) is 29.9 Å². The molecule has 3 heteroatoms. The minimum absolute atomic E-state index is 0.00470. The van der Waals surface area contributed by atoms with Crippen molar-refractivity contribution in [1.82, 2.24) is 0 Å². The first-order chi connectivity index (χ1) is 8.37. The second kappa shape index (κ2) is 6.10. The number of methoxy groups -OCH3 is 2. The average Bonchev–Trinajstić information content (AvgIpc) is 2.34. The van der Waals surface area contributed by atoms with Gasteiger partial charge in [-0.05, 0) is 24.3 Å². The Morgan fingerprint density at radius 2 is 1.83 bits per heavy atom. The van der Waals surface area contributed by atoms with Gasteiger partial charge in [0.15, 0.2) is 0 Å². The van der Waals surface area contributed by atoms with Gasteiger partial charge in [0.1, 0.15) is 11.5 Å². The fraction of sp³-hybridized carbons (Fsp3) is 0.600. The van der Waals surface area contributed by atoms with Gasteiger partial charge >= 0.3 is 0 Å². The van der Waals surface area contributed by atoms with Gasteiger partial charge in [0.25, 0.3) is 0 Å². The van der Waals surface area contributed by atoms with Crippen LogP contribution in [0, 0.1) is 5.41 Å². The molecule has 1 aromatic rings. The van der Waals surface area contributed by atoms with Crippen LogP contribution in [-0.2, 0) is 0 Å². The molecule has 0 aromatic heterocycles. The molecule has 1 unspecified atom stereocenters. The standard InChI is InChI=1S/C15H25NO2/c1-15(2,3)9-8-13(16)12-7-6-11(17-4)10-14(12)18-5/h6-7,10,13H,8-9,16H2,1-5H3. The van der Waals surface area contributed by atoms with Crippen molar-refractivity contribution in [3.05, 3.63) is 23.8 Å². The molecule has 0 amide bonds. The zero-order valence-corrected chi connectivity index (χ0v) is 12.1. The predicted molar refractivity (Wildman–Crippen MR) is 75.2 cm³/mol. The first-order valence-electron chi connectivity index (χ1n) is 6.35. The van der Waals surface area contributed by atoms with Crippen LogP contribution in [0.5, 0.6) is 11.5 Å². The molecule has 3 nitrogen and oxygen atoms in total. The summed E-state index contributed by atoms with van der Waals surface area (Å²) in [6, 6.07) is 5.80. The van der Waals surface area contributed by atoms with Gasteiger partial charge in [-0.3, -0.25) is 0 Å². The minimum atomic E-state index is 0.00470. The molecular weight excluding hydrogens is 226 g/mol. The third kappa shape index (κ3) is 4.22. The molecule has 18 heavy (non-hydrogen) atoms. The van der Waals surface area contributed by atoms with Crippen molar-refractivity contribution in [2.75, 3.05) is 14.2 Å². The van der Waals surface area contributed by atoms with Crippen LogP contribution in [0.4, 0.5) is 0 Å². The number of hydrogen-bond donors (Lipinski definition) is 1. The molecule has 0 saturated heterocycles. The van der Waals surface area contributed by atoms with Crippen molar-refractivity contribution >= 4 is 0 Å². The van der Waals surface area contributed by atoms with E-state index in [1.165, 1.54) is 0 Å². The van der Waals surface area contributed by atoms with Gasteiger partial charge in [-0.15, -0.1) is 0 Å². The van der Waals surface area contributed by atoms with Crippen LogP contribution in [0.15, 0.2) is 18.2 Å². The molecule has 0 spiro atoms. The van der Waals surface area contributed by atoms with Crippen LogP contribution in [0.25, 0.3) is 0 Å². The summed E-state index contributed by atoms with van der Waals surface area (Å²) in [6.07, 6.45) is 2.04. The summed E-state index contributed by atoms with van der Waals surface area (Å²) in [5.74, 6) is 1.59. The van der Waals surface area contributed by atoms with Crippen molar-refractivity contribution in [2.24, 2.45) is 11.1 Å². The van der Waals surface area contributed by atoms with Crippen molar-refractivity contribution in [3.63, 3.8) is 0 Å². The number of nitrogens with two attached hydrogens (primary N) is 1. The Morgan fingerprint density at radius 3 is 2.33 bits per heavy atom. The molecule has 1 rings (SSSR count). The van der Waals surface area contributed by atoms with Crippen molar-refractivity contribution in [1.29, 1.82) is 0 Å². The molecule has 0 aliphatic heterocycles. The van der Waals surface area contributed by atoms with Gasteiger partial charge in [0, 0.05) is 17.7 Å². The summed E-state index contributed by atoms with van der Waals surface area (Å²) in [5, 5.41) is 0.